The number of fused-ring (bicyclic) bond motifs is 3. The molecule has 3 aromatic rings. The van der Waals surface area contributed by atoms with Crippen molar-refractivity contribution in [3.63, 3.8) is 0 Å². The second-order valence-electron chi connectivity index (χ2n) is 6.75. The molecule has 2 aromatic carbocycles. The highest BCUT2D eigenvalue weighted by Gasteiger charge is 2.42. The third-order valence-electron chi connectivity index (χ3n) is 5.13. The van der Waals surface area contributed by atoms with Crippen LogP contribution in [-0.4, -0.2) is 20.9 Å². The fraction of sp³-hybridized carbons (Fsp3) is 0.0500. The topological polar surface area (TPSA) is 115 Å². The molecule has 0 fully saturated rings. The molecule has 0 spiro atoms. The number of ketones is 1. The van der Waals surface area contributed by atoms with Gasteiger partial charge in [0.2, 0.25) is 0 Å². The first-order valence-corrected chi connectivity index (χ1v) is 10.1. The first-order valence-electron chi connectivity index (χ1n) is 8.56. The number of aromatic hydroxyl groups is 1. The van der Waals surface area contributed by atoms with Gasteiger partial charge in [0.15, 0.2) is 5.78 Å². The van der Waals surface area contributed by atoms with E-state index in [1.165, 1.54) is 0 Å². The number of Topliss-reactive ketones (excluding diaryl/α,β-unsaturated/α-hetero) is 1. The number of carbonyl (C=O) groups excluding carboxylic acids is 1. The van der Waals surface area contributed by atoms with Crippen molar-refractivity contribution in [2.45, 2.75) is 5.92 Å². The third-order valence-corrected chi connectivity index (χ3v) is 6.34. The molecule has 0 bridgehead atoms. The van der Waals surface area contributed by atoms with E-state index in [-0.39, 0.29) is 22.9 Å². The number of aromatic amines is 2. The lowest BCUT2D eigenvalue weighted by Gasteiger charge is -2.27. The van der Waals surface area contributed by atoms with Crippen LogP contribution in [0.1, 0.15) is 33.0 Å². The Bertz CT molecular complexity index is 1360. The van der Waals surface area contributed by atoms with Crippen molar-refractivity contribution < 1.29 is 9.90 Å². The largest absolute Gasteiger partial charge is 0.506 e. The van der Waals surface area contributed by atoms with E-state index in [1.54, 1.807) is 24.3 Å². The average Bonchev–Trinajstić information content (AvgIpc) is 2.96. The monoisotopic (exact) mass is 515 g/mol. The molecule has 4 N–H and O–H groups in total. The van der Waals surface area contributed by atoms with Crippen LogP contribution in [0.2, 0.25) is 0 Å². The molecule has 0 saturated carbocycles. The summed E-state index contributed by atoms with van der Waals surface area (Å²) in [7, 11) is 0. The summed E-state index contributed by atoms with van der Waals surface area (Å²) >= 11 is 6.62. The van der Waals surface area contributed by atoms with Gasteiger partial charge < -0.3 is 10.4 Å². The highest BCUT2D eigenvalue weighted by Crippen LogP contribution is 2.49. The van der Waals surface area contributed by atoms with Crippen LogP contribution in [0.15, 0.2) is 60.5 Å². The minimum atomic E-state index is -0.741. The number of halogens is 2. The Morgan fingerprint density at radius 3 is 2.28 bits per heavy atom. The highest BCUT2D eigenvalue weighted by atomic mass is 79.9. The lowest BCUT2D eigenvalue weighted by Crippen LogP contribution is -2.33. The Kier molecular flexibility index (Phi) is 3.94. The summed E-state index contributed by atoms with van der Waals surface area (Å²) in [5.41, 5.74) is 1.82. The van der Waals surface area contributed by atoms with Gasteiger partial charge in [0.1, 0.15) is 11.6 Å². The van der Waals surface area contributed by atoms with E-state index in [0.29, 0.717) is 36.9 Å². The van der Waals surface area contributed by atoms with Crippen LogP contribution >= 0.6 is 31.9 Å². The van der Waals surface area contributed by atoms with Gasteiger partial charge in [0.05, 0.1) is 20.2 Å². The summed E-state index contributed by atoms with van der Waals surface area (Å²) in [4.78, 5) is 42.8. The van der Waals surface area contributed by atoms with Crippen LogP contribution in [0.25, 0.3) is 5.70 Å². The van der Waals surface area contributed by atoms with Gasteiger partial charge in [0, 0.05) is 22.6 Å². The molecule has 2 heterocycles. The molecule has 0 radical (unpaired) electrons. The summed E-state index contributed by atoms with van der Waals surface area (Å²) in [6.07, 6.45) is 0. The molecule has 1 aliphatic heterocycles. The van der Waals surface area contributed by atoms with E-state index in [2.05, 4.69) is 47.1 Å². The number of aromatic nitrogens is 2. The van der Waals surface area contributed by atoms with Gasteiger partial charge in [-0.25, -0.2) is 4.79 Å². The average molecular weight is 517 g/mol. The molecule has 0 amide bonds. The minimum absolute atomic E-state index is 0.00789. The number of carbonyl (C=O) groups is 1. The normalized spacial score (nSPS) is 16.9. The predicted molar refractivity (Wildman–Crippen MR) is 114 cm³/mol. The second kappa shape index (κ2) is 6.30. The van der Waals surface area contributed by atoms with Crippen LogP contribution in [0.4, 0.5) is 5.82 Å². The molecule has 7 nitrogen and oxygen atoms in total. The molecule has 9 heteroatoms. The maximum atomic E-state index is 13.3. The number of phenolic OH excluding ortho intramolecular Hbond substituents is 1. The maximum Gasteiger partial charge on any atom is 0.327 e. The van der Waals surface area contributed by atoms with Gasteiger partial charge in [-0.3, -0.25) is 19.6 Å². The van der Waals surface area contributed by atoms with Crippen LogP contribution in [0.5, 0.6) is 5.75 Å². The van der Waals surface area contributed by atoms with Crippen molar-refractivity contribution >= 4 is 49.2 Å². The molecule has 1 atom stereocenters. The summed E-state index contributed by atoms with van der Waals surface area (Å²) in [5, 5.41) is 13.2. The highest BCUT2D eigenvalue weighted by molar-refractivity contribution is 9.11. The molecule has 1 unspecified atom stereocenters. The molecule has 144 valence electrons. The van der Waals surface area contributed by atoms with Gasteiger partial charge in [-0.2, -0.15) is 0 Å². The second-order valence-corrected chi connectivity index (χ2v) is 8.46. The third kappa shape index (κ3) is 2.57. The van der Waals surface area contributed by atoms with E-state index in [9.17, 15) is 19.5 Å². The number of H-pyrrole nitrogens is 2. The Labute approximate surface area is 179 Å². The van der Waals surface area contributed by atoms with Crippen molar-refractivity contribution in [2.75, 3.05) is 5.32 Å². The van der Waals surface area contributed by atoms with Crippen molar-refractivity contribution in [3.8, 4) is 5.75 Å². The van der Waals surface area contributed by atoms with Crippen LogP contribution in [0.3, 0.4) is 0 Å². The van der Waals surface area contributed by atoms with Crippen molar-refractivity contribution in [1.82, 2.24) is 9.97 Å². The standard InChI is InChI=1S/C20H11Br2N3O4/c21-10-5-7(6-11(22)17(10)27)12-13-15(8-3-1-2-4-9(8)16(13)26)23-18-14(12)19(28)25-20(29)24-18/h1-6,12,27H,(H3,23,24,25,28,29). The predicted octanol–water partition coefficient (Wildman–Crippen LogP) is 3.46. The first kappa shape index (κ1) is 18.1. The van der Waals surface area contributed by atoms with Crippen molar-refractivity contribution in [1.29, 1.82) is 0 Å². The Balaban J connectivity index is 1.86. The van der Waals surface area contributed by atoms with Gasteiger partial charge in [-0.15, -0.1) is 0 Å². The lowest BCUT2D eigenvalue weighted by molar-refractivity contribution is 0.103. The lowest BCUT2D eigenvalue weighted by atomic mass is 9.81. The van der Waals surface area contributed by atoms with Gasteiger partial charge >= 0.3 is 5.69 Å². The number of benzene rings is 2. The Morgan fingerprint density at radius 2 is 1.59 bits per heavy atom. The molecule has 1 aromatic heterocycles. The zero-order valence-corrected chi connectivity index (χ0v) is 17.6. The molecule has 29 heavy (non-hydrogen) atoms. The number of phenols is 1. The molecule has 1 aliphatic carbocycles. The molecular formula is C20H11Br2N3O4. The summed E-state index contributed by atoms with van der Waals surface area (Å²) in [6, 6.07) is 10.5. The zero-order valence-electron chi connectivity index (χ0n) is 14.5. The first-order chi connectivity index (χ1) is 13.9. The van der Waals surface area contributed by atoms with Crippen LogP contribution < -0.4 is 16.6 Å². The van der Waals surface area contributed by atoms with Gasteiger partial charge in [-0.1, -0.05) is 24.3 Å². The zero-order chi connectivity index (χ0) is 20.4. The number of rotatable bonds is 1. The van der Waals surface area contributed by atoms with Crippen molar-refractivity contribution in [2.24, 2.45) is 0 Å². The number of anilines is 1. The van der Waals surface area contributed by atoms with Crippen LogP contribution in [0, 0.1) is 0 Å². The Hall–Kier alpha value is -2.91. The summed E-state index contributed by atoms with van der Waals surface area (Å²) in [6.45, 7) is 0. The molecule has 0 saturated heterocycles. The van der Waals surface area contributed by atoms with E-state index in [1.807, 2.05) is 12.1 Å². The van der Waals surface area contributed by atoms with E-state index in [4.69, 9.17) is 0 Å². The molecule has 5 rings (SSSR count). The molecule has 2 aliphatic rings. The van der Waals surface area contributed by atoms with Crippen LogP contribution in [-0.2, 0) is 0 Å². The van der Waals surface area contributed by atoms with E-state index >= 15 is 0 Å². The number of allylic oxidation sites excluding steroid dienone is 1. The number of hydrogen-bond acceptors (Lipinski definition) is 5. The fourth-order valence-corrected chi connectivity index (χ4v) is 5.16. The minimum Gasteiger partial charge on any atom is -0.506 e. The fourth-order valence-electron chi connectivity index (χ4n) is 3.94. The smallest absolute Gasteiger partial charge is 0.327 e. The quantitative estimate of drug-likeness (QED) is 0.395. The summed E-state index contributed by atoms with van der Waals surface area (Å²) in [5.74, 6) is -0.680. The number of nitrogens with one attached hydrogen (secondary N) is 3. The SMILES string of the molecule is O=C1C2=C(Nc3[nH]c(=O)[nH]c(=O)c3C2c2cc(Br)c(O)c(Br)c2)c2ccccc21. The van der Waals surface area contributed by atoms with Gasteiger partial charge in [0.25, 0.3) is 5.56 Å². The maximum absolute atomic E-state index is 13.3. The van der Waals surface area contributed by atoms with E-state index < -0.39 is 17.2 Å². The number of hydrogen-bond donors (Lipinski definition) is 4. The van der Waals surface area contributed by atoms with E-state index in [0.717, 1.165) is 0 Å². The Morgan fingerprint density at radius 1 is 0.931 bits per heavy atom. The van der Waals surface area contributed by atoms with Gasteiger partial charge in [-0.05, 0) is 49.6 Å². The summed E-state index contributed by atoms with van der Waals surface area (Å²) < 4.78 is 0.820. The van der Waals surface area contributed by atoms with Crippen molar-refractivity contribution in [3.05, 3.63) is 94.0 Å². The molecular weight excluding hydrogens is 506 g/mol.